The molecule has 1 atom stereocenters. The van der Waals surface area contributed by atoms with Gasteiger partial charge in [0.2, 0.25) is 0 Å². The Kier molecular flexibility index (Phi) is 2.72. The summed E-state index contributed by atoms with van der Waals surface area (Å²) in [6, 6.07) is 0.189. The van der Waals surface area contributed by atoms with Gasteiger partial charge in [-0.1, -0.05) is 0 Å². The largest absolute Gasteiger partial charge is 0.459 e. The van der Waals surface area contributed by atoms with Crippen LogP contribution in [-0.2, 0) is 0 Å². The molecule has 1 aromatic heterocycles. The van der Waals surface area contributed by atoms with Crippen molar-refractivity contribution in [2.45, 2.75) is 12.5 Å². The van der Waals surface area contributed by atoms with E-state index in [1.54, 1.807) is 0 Å². The number of ether oxygens (including phenoxy) is 1. The van der Waals surface area contributed by atoms with Gasteiger partial charge >= 0.3 is 11.7 Å². The van der Waals surface area contributed by atoms with E-state index in [4.69, 9.17) is 4.74 Å². The molecule has 1 N–H and O–H groups in total. The molecule has 2 heterocycles. The van der Waals surface area contributed by atoms with Crippen LogP contribution in [0.1, 0.15) is 6.42 Å². The SMILES string of the molecule is O=[N+]([O-])c1cnc(OC2CCNC2)nc1. The van der Waals surface area contributed by atoms with Crippen LogP contribution in [0.15, 0.2) is 12.4 Å². The van der Waals surface area contributed by atoms with Gasteiger partial charge in [0.05, 0.1) is 4.92 Å². The Hall–Kier alpha value is -1.76. The van der Waals surface area contributed by atoms with Crippen LogP contribution in [0, 0.1) is 10.1 Å². The van der Waals surface area contributed by atoms with Crippen LogP contribution in [0.2, 0.25) is 0 Å². The molecular weight excluding hydrogens is 200 g/mol. The minimum absolute atomic E-state index is 0.0615. The highest BCUT2D eigenvalue weighted by atomic mass is 16.6. The fourth-order valence-electron chi connectivity index (χ4n) is 1.34. The zero-order valence-electron chi connectivity index (χ0n) is 7.92. The molecule has 1 aliphatic rings. The lowest BCUT2D eigenvalue weighted by Gasteiger charge is -2.09. The minimum atomic E-state index is -0.541. The van der Waals surface area contributed by atoms with Crippen molar-refractivity contribution in [3.05, 3.63) is 22.5 Å². The molecule has 7 heteroatoms. The molecule has 80 valence electrons. The fourth-order valence-corrected chi connectivity index (χ4v) is 1.34. The Morgan fingerprint density at radius 2 is 2.27 bits per heavy atom. The Morgan fingerprint density at radius 1 is 1.53 bits per heavy atom. The van der Waals surface area contributed by atoms with Gasteiger partial charge < -0.3 is 10.1 Å². The number of nitrogens with one attached hydrogen (secondary N) is 1. The molecule has 1 aliphatic heterocycles. The molecule has 0 aromatic carbocycles. The molecular formula is C8H10N4O3. The van der Waals surface area contributed by atoms with E-state index >= 15 is 0 Å². The minimum Gasteiger partial charge on any atom is -0.459 e. The van der Waals surface area contributed by atoms with Gasteiger partial charge in [0.15, 0.2) is 0 Å². The predicted molar refractivity (Wildman–Crippen MR) is 50.6 cm³/mol. The molecule has 1 unspecified atom stereocenters. The molecule has 0 saturated carbocycles. The van der Waals surface area contributed by atoms with Crippen molar-refractivity contribution >= 4 is 5.69 Å². The van der Waals surface area contributed by atoms with E-state index < -0.39 is 4.92 Å². The first-order valence-electron chi connectivity index (χ1n) is 4.59. The molecule has 0 spiro atoms. The van der Waals surface area contributed by atoms with Crippen molar-refractivity contribution in [2.24, 2.45) is 0 Å². The molecule has 0 radical (unpaired) electrons. The third kappa shape index (κ3) is 2.38. The zero-order valence-corrected chi connectivity index (χ0v) is 7.92. The first-order chi connectivity index (χ1) is 7.25. The van der Waals surface area contributed by atoms with E-state index in [0.29, 0.717) is 0 Å². The molecule has 0 aliphatic carbocycles. The molecule has 0 amide bonds. The Balaban J connectivity index is 2.00. The Morgan fingerprint density at radius 3 is 2.80 bits per heavy atom. The zero-order chi connectivity index (χ0) is 10.7. The van der Waals surface area contributed by atoms with Crippen molar-refractivity contribution in [1.82, 2.24) is 15.3 Å². The van der Waals surface area contributed by atoms with Crippen molar-refractivity contribution in [2.75, 3.05) is 13.1 Å². The lowest BCUT2D eigenvalue weighted by molar-refractivity contribution is -0.385. The molecule has 0 bridgehead atoms. The molecule has 1 fully saturated rings. The maximum atomic E-state index is 10.3. The van der Waals surface area contributed by atoms with Crippen LogP contribution in [0.4, 0.5) is 5.69 Å². The highest BCUT2D eigenvalue weighted by Crippen LogP contribution is 2.12. The molecule has 1 saturated heterocycles. The number of hydrogen-bond acceptors (Lipinski definition) is 6. The van der Waals surface area contributed by atoms with Crippen molar-refractivity contribution in [3.63, 3.8) is 0 Å². The maximum absolute atomic E-state index is 10.3. The fraction of sp³-hybridized carbons (Fsp3) is 0.500. The quantitative estimate of drug-likeness (QED) is 0.563. The van der Waals surface area contributed by atoms with Crippen LogP contribution in [0.5, 0.6) is 6.01 Å². The second-order valence-corrected chi connectivity index (χ2v) is 3.21. The standard InChI is InChI=1S/C8H10N4O3/c13-12(14)6-3-10-8(11-4-6)15-7-1-2-9-5-7/h3-4,7,9H,1-2,5H2. The van der Waals surface area contributed by atoms with Crippen molar-refractivity contribution in [3.8, 4) is 6.01 Å². The first-order valence-corrected chi connectivity index (χ1v) is 4.59. The second-order valence-electron chi connectivity index (χ2n) is 3.21. The van der Waals surface area contributed by atoms with E-state index in [1.165, 1.54) is 0 Å². The van der Waals surface area contributed by atoms with Gasteiger partial charge in [0, 0.05) is 6.54 Å². The number of rotatable bonds is 3. The maximum Gasteiger partial charge on any atom is 0.317 e. The second kappa shape index (κ2) is 4.18. The summed E-state index contributed by atoms with van der Waals surface area (Å²) in [5.41, 5.74) is -0.133. The number of nitro groups is 1. The lowest BCUT2D eigenvalue weighted by Crippen LogP contribution is -2.20. The van der Waals surface area contributed by atoms with Gasteiger partial charge in [-0.25, -0.2) is 0 Å². The van der Waals surface area contributed by atoms with Crippen molar-refractivity contribution < 1.29 is 9.66 Å². The summed E-state index contributed by atoms with van der Waals surface area (Å²) in [6.07, 6.45) is 3.25. The Bertz CT molecular complexity index is 347. The summed E-state index contributed by atoms with van der Waals surface area (Å²) >= 11 is 0. The summed E-state index contributed by atoms with van der Waals surface area (Å²) in [6.45, 7) is 1.68. The highest BCUT2D eigenvalue weighted by molar-refractivity contribution is 5.21. The molecule has 2 rings (SSSR count). The van der Waals surface area contributed by atoms with Crippen LogP contribution >= 0.6 is 0 Å². The van der Waals surface area contributed by atoms with Gasteiger partial charge in [0.25, 0.3) is 0 Å². The third-order valence-electron chi connectivity index (χ3n) is 2.11. The molecule has 1 aromatic rings. The van der Waals surface area contributed by atoms with Gasteiger partial charge in [0.1, 0.15) is 18.5 Å². The summed E-state index contributed by atoms with van der Waals surface area (Å²) in [5.74, 6) is 0. The van der Waals surface area contributed by atoms with Crippen LogP contribution in [-0.4, -0.2) is 34.1 Å². The summed E-state index contributed by atoms with van der Waals surface area (Å²) in [4.78, 5) is 17.3. The number of hydrogen-bond donors (Lipinski definition) is 1. The van der Waals surface area contributed by atoms with Gasteiger partial charge in [-0.05, 0) is 13.0 Å². The van der Waals surface area contributed by atoms with Crippen LogP contribution in [0.25, 0.3) is 0 Å². The van der Waals surface area contributed by atoms with Gasteiger partial charge in [-0.15, -0.1) is 0 Å². The average molecular weight is 210 g/mol. The number of aromatic nitrogens is 2. The van der Waals surface area contributed by atoms with E-state index in [0.717, 1.165) is 31.9 Å². The van der Waals surface area contributed by atoms with E-state index in [9.17, 15) is 10.1 Å². The third-order valence-corrected chi connectivity index (χ3v) is 2.11. The molecule has 15 heavy (non-hydrogen) atoms. The van der Waals surface area contributed by atoms with E-state index in [1.807, 2.05) is 0 Å². The van der Waals surface area contributed by atoms with Crippen LogP contribution in [0.3, 0.4) is 0 Å². The normalized spacial score (nSPS) is 20.1. The predicted octanol–water partition coefficient (Wildman–Crippen LogP) is 0.125. The summed E-state index contributed by atoms with van der Waals surface area (Å²) in [5, 5.41) is 13.5. The highest BCUT2D eigenvalue weighted by Gasteiger charge is 2.17. The Labute approximate surface area is 85.6 Å². The van der Waals surface area contributed by atoms with Crippen LogP contribution < -0.4 is 10.1 Å². The first kappa shape index (κ1) is 9.78. The molecule has 7 nitrogen and oxygen atoms in total. The lowest BCUT2D eigenvalue weighted by atomic mass is 10.3. The average Bonchev–Trinajstić information content (AvgIpc) is 2.71. The summed E-state index contributed by atoms with van der Waals surface area (Å²) < 4.78 is 5.40. The number of nitrogens with zero attached hydrogens (tertiary/aromatic N) is 3. The topological polar surface area (TPSA) is 90.2 Å². The van der Waals surface area contributed by atoms with E-state index in [-0.39, 0.29) is 17.8 Å². The van der Waals surface area contributed by atoms with Crippen molar-refractivity contribution in [1.29, 1.82) is 0 Å². The van der Waals surface area contributed by atoms with E-state index in [2.05, 4.69) is 15.3 Å². The van der Waals surface area contributed by atoms with Gasteiger partial charge in [-0.2, -0.15) is 9.97 Å². The monoisotopic (exact) mass is 210 g/mol. The van der Waals surface area contributed by atoms with Gasteiger partial charge in [-0.3, -0.25) is 10.1 Å². The smallest absolute Gasteiger partial charge is 0.317 e. The summed E-state index contributed by atoms with van der Waals surface area (Å²) in [7, 11) is 0.